The number of nitro benzene ring substituents is 1. The molecule has 0 N–H and O–H groups in total. The summed E-state index contributed by atoms with van der Waals surface area (Å²) in [6, 6.07) is 1.25. The molecule has 0 aliphatic rings. The van der Waals surface area contributed by atoms with Gasteiger partial charge in [-0.1, -0.05) is 0 Å². The van der Waals surface area contributed by atoms with Gasteiger partial charge in [-0.2, -0.15) is 4.39 Å². The smallest absolute Gasteiger partial charge is 0.434 e. The zero-order valence-corrected chi connectivity index (χ0v) is 13.3. The fraction of sp³-hybridized carbons (Fsp3) is 0.357. The van der Waals surface area contributed by atoms with E-state index in [9.17, 15) is 28.9 Å². The van der Waals surface area contributed by atoms with Crippen molar-refractivity contribution in [1.82, 2.24) is 0 Å². The molecule has 0 spiro atoms. The van der Waals surface area contributed by atoms with Crippen LogP contribution in [-0.2, 0) is 25.4 Å². The summed E-state index contributed by atoms with van der Waals surface area (Å²) in [6.07, 6.45) is -3.18. The molecule has 0 aromatic heterocycles. The summed E-state index contributed by atoms with van der Waals surface area (Å²) in [5, 5.41) is 10.8. The van der Waals surface area contributed by atoms with Crippen LogP contribution in [0.4, 0.5) is 19.7 Å². The largest absolute Gasteiger partial charge is 0.516 e. The molecule has 0 unspecified atom stereocenters. The molecule has 0 bridgehead atoms. The SMILES string of the molecule is CCOC(=O)OC(=O)Cc1cc([N+](=O)[O-])c(F)cc1OC(=O)OCC. The van der Waals surface area contributed by atoms with Crippen LogP contribution in [0.15, 0.2) is 12.1 Å². The average molecular weight is 359 g/mol. The van der Waals surface area contributed by atoms with Crippen LogP contribution in [0.1, 0.15) is 19.4 Å². The average Bonchev–Trinajstić information content (AvgIpc) is 2.49. The fourth-order valence-corrected chi connectivity index (χ4v) is 1.63. The second-order valence-corrected chi connectivity index (χ2v) is 4.29. The number of esters is 1. The second kappa shape index (κ2) is 9.15. The first-order valence-electron chi connectivity index (χ1n) is 6.97. The maximum absolute atomic E-state index is 13.7. The van der Waals surface area contributed by atoms with Gasteiger partial charge in [0.15, 0.2) is 0 Å². The standard InChI is InChI=1S/C14H14FNO9/c1-3-22-13(18)24-11-7-9(15)10(16(20)21)5-8(11)6-12(17)25-14(19)23-4-2/h5,7H,3-4,6H2,1-2H3. The highest BCUT2D eigenvalue weighted by molar-refractivity contribution is 5.84. The Morgan fingerprint density at radius 3 is 2.28 bits per heavy atom. The molecule has 25 heavy (non-hydrogen) atoms. The number of halogens is 1. The monoisotopic (exact) mass is 359 g/mol. The van der Waals surface area contributed by atoms with Crippen LogP contribution < -0.4 is 4.74 Å². The highest BCUT2D eigenvalue weighted by Gasteiger charge is 2.24. The zero-order chi connectivity index (χ0) is 19.0. The van der Waals surface area contributed by atoms with E-state index in [1.807, 2.05) is 0 Å². The maximum atomic E-state index is 13.7. The van der Waals surface area contributed by atoms with Gasteiger partial charge in [-0.3, -0.25) is 14.9 Å². The summed E-state index contributed by atoms with van der Waals surface area (Å²) in [5.74, 6) is -2.91. The summed E-state index contributed by atoms with van der Waals surface area (Å²) < 4.78 is 31.6. The molecule has 1 aromatic carbocycles. The maximum Gasteiger partial charge on any atom is 0.516 e. The number of hydrogen-bond acceptors (Lipinski definition) is 9. The van der Waals surface area contributed by atoms with Crippen LogP contribution in [0.25, 0.3) is 0 Å². The molecule has 0 heterocycles. The van der Waals surface area contributed by atoms with E-state index in [2.05, 4.69) is 14.2 Å². The molecular formula is C14H14FNO9. The molecule has 136 valence electrons. The lowest BCUT2D eigenvalue weighted by atomic mass is 10.1. The summed E-state index contributed by atoms with van der Waals surface area (Å²) >= 11 is 0. The molecule has 0 radical (unpaired) electrons. The molecule has 0 saturated carbocycles. The first kappa shape index (κ1) is 19.8. The molecule has 0 fully saturated rings. The number of nitrogens with zero attached hydrogens (tertiary/aromatic N) is 1. The van der Waals surface area contributed by atoms with Crippen LogP contribution in [0.5, 0.6) is 5.75 Å². The van der Waals surface area contributed by atoms with Crippen molar-refractivity contribution in [3.8, 4) is 5.75 Å². The van der Waals surface area contributed by atoms with E-state index in [0.717, 1.165) is 0 Å². The van der Waals surface area contributed by atoms with Crippen LogP contribution >= 0.6 is 0 Å². The van der Waals surface area contributed by atoms with Crippen molar-refractivity contribution in [2.24, 2.45) is 0 Å². The van der Waals surface area contributed by atoms with Gasteiger partial charge in [0.2, 0.25) is 5.82 Å². The predicted octanol–water partition coefficient (Wildman–Crippen LogP) is 2.51. The minimum Gasteiger partial charge on any atom is -0.434 e. The van der Waals surface area contributed by atoms with Crippen molar-refractivity contribution in [2.45, 2.75) is 20.3 Å². The number of benzene rings is 1. The number of hydrogen-bond donors (Lipinski definition) is 0. The van der Waals surface area contributed by atoms with Crippen molar-refractivity contribution >= 4 is 24.0 Å². The van der Waals surface area contributed by atoms with Crippen LogP contribution in [0.2, 0.25) is 0 Å². The van der Waals surface area contributed by atoms with E-state index in [4.69, 9.17) is 4.74 Å². The van der Waals surface area contributed by atoms with Gasteiger partial charge in [0, 0.05) is 17.7 Å². The lowest BCUT2D eigenvalue weighted by Gasteiger charge is -2.10. The summed E-state index contributed by atoms with van der Waals surface area (Å²) in [5.41, 5.74) is -1.20. The van der Waals surface area contributed by atoms with Gasteiger partial charge < -0.3 is 18.9 Å². The first-order valence-corrected chi connectivity index (χ1v) is 6.97. The first-order chi connectivity index (χ1) is 11.8. The summed E-state index contributed by atoms with van der Waals surface area (Å²) in [6.45, 7) is 2.91. The zero-order valence-electron chi connectivity index (χ0n) is 13.3. The van der Waals surface area contributed by atoms with Gasteiger partial charge in [0.1, 0.15) is 5.75 Å². The number of ether oxygens (including phenoxy) is 4. The Morgan fingerprint density at radius 1 is 1.12 bits per heavy atom. The van der Waals surface area contributed by atoms with E-state index in [0.29, 0.717) is 12.1 Å². The minimum absolute atomic E-state index is 0.0332. The number of rotatable bonds is 6. The third kappa shape index (κ3) is 6.05. The molecule has 0 aliphatic carbocycles. The topological polar surface area (TPSA) is 131 Å². The highest BCUT2D eigenvalue weighted by atomic mass is 19.1. The van der Waals surface area contributed by atoms with E-state index < -0.39 is 46.9 Å². The Hall–Kier alpha value is -3.24. The molecule has 0 atom stereocenters. The van der Waals surface area contributed by atoms with Crippen LogP contribution in [-0.4, -0.2) is 36.4 Å². The molecular weight excluding hydrogens is 345 g/mol. The normalized spacial score (nSPS) is 9.88. The molecule has 10 nitrogen and oxygen atoms in total. The third-order valence-electron chi connectivity index (χ3n) is 2.58. The Labute approximate surface area is 140 Å². The van der Waals surface area contributed by atoms with Gasteiger partial charge in [-0.15, -0.1) is 0 Å². The molecule has 1 rings (SSSR count). The molecule has 0 saturated heterocycles. The van der Waals surface area contributed by atoms with Crippen molar-refractivity contribution < 1.29 is 42.6 Å². The van der Waals surface area contributed by atoms with Crippen molar-refractivity contribution in [3.63, 3.8) is 0 Å². The summed E-state index contributed by atoms with van der Waals surface area (Å²) in [4.78, 5) is 43.9. The van der Waals surface area contributed by atoms with Crippen LogP contribution in [0.3, 0.4) is 0 Å². The molecule has 0 amide bonds. The lowest BCUT2D eigenvalue weighted by Crippen LogP contribution is -2.17. The minimum atomic E-state index is -1.29. The number of nitro groups is 1. The van der Waals surface area contributed by atoms with Crippen molar-refractivity contribution in [2.75, 3.05) is 13.2 Å². The lowest BCUT2D eigenvalue weighted by molar-refractivity contribution is -0.387. The van der Waals surface area contributed by atoms with Gasteiger partial charge >= 0.3 is 24.0 Å². The van der Waals surface area contributed by atoms with Gasteiger partial charge in [-0.25, -0.2) is 9.59 Å². The van der Waals surface area contributed by atoms with Gasteiger partial charge in [0.25, 0.3) is 0 Å². The Balaban J connectivity index is 3.09. The highest BCUT2D eigenvalue weighted by Crippen LogP contribution is 2.28. The van der Waals surface area contributed by atoms with Gasteiger partial charge in [-0.05, 0) is 13.8 Å². The van der Waals surface area contributed by atoms with E-state index in [1.165, 1.54) is 13.8 Å². The van der Waals surface area contributed by atoms with Gasteiger partial charge in [0.05, 0.1) is 24.6 Å². The van der Waals surface area contributed by atoms with Crippen molar-refractivity contribution in [1.29, 1.82) is 0 Å². The molecule has 0 aliphatic heterocycles. The van der Waals surface area contributed by atoms with Crippen LogP contribution in [0, 0.1) is 15.9 Å². The molecule has 11 heteroatoms. The van der Waals surface area contributed by atoms with E-state index >= 15 is 0 Å². The predicted molar refractivity (Wildman–Crippen MR) is 77.5 cm³/mol. The quantitative estimate of drug-likeness (QED) is 0.247. The van der Waals surface area contributed by atoms with E-state index in [1.54, 1.807) is 0 Å². The van der Waals surface area contributed by atoms with Crippen molar-refractivity contribution in [3.05, 3.63) is 33.6 Å². The Kier molecular flexibility index (Phi) is 7.25. The third-order valence-corrected chi connectivity index (χ3v) is 2.58. The Morgan fingerprint density at radius 2 is 1.72 bits per heavy atom. The van der Waals surface area contributed by atoms with E-state index in [-0.39, 0.29) is 18.8 Å². The molecule has 1 aromatic rings. The number of carbonyl (C=O) groups is 3. The second-order valence-electron chi connectivity index (χ2n) is 4.29. The Bertz CT molecular complexity index is 689. The fourth-order valence-electron chi connectivity index (χ4n) is 1.63. The summed E-state index contributed by atoms with van der Waals surface area (Å²) in [7, 11) is 0. The number of carbonyl (C=O) groups excluding carboxylic acids is 3.